The third kappa shape index (κ3) is 4.79. The van der Waals surface area contributed by atoms with E-state index in [0.29, 0.717) is 24.8 Å². The minimum absolute atomic E-state index is 0.000182. The van der Waals surface area contributed by atoms with Crippen LogP contribution in [-0.4, -0.2) is 64.2 Å². The highest BCUT2D eigenvalue weighted by Crippen LogP contribution is 2.45. The molecule has 2 atom stereocenters. The van der Waals surface area contributed by atoms with Crippen molar-refractivity contribution in [3.05, 3.63) is 53.2 Å². The fourth-order valence-electron chi connectivity index (χ4n) is 6.19. The zero-order chi connectivity index (χ0) is 31.4. The van der Waals surface area contributed by atoms with Gasteiger partial charge in [-0.2, -0.15) is 15.2 Å². The molecule has 5 aromatic rings. The first kappa shape index (κ1) is 28.9. The van der Waals surface area contributed by atoms with Gasteiger partial charge in [-0.1, -0.05) is 6.07 Å². The molecule has 0 aliphatic carbocycles. The molecule has 1 saturated heterocycles. The Morgan fingerprint density at radius 1 is 1.18 bits per heavy atom. The second-order valence-corrected chi connectivity index (χ2v) is 12.2. The Bertz CT molecular complexity index is 2010. The summed E-state index contributed by atoms with van der Waals surface area (Å²) in [7, 11) is 2.04. The average Bonchev–Trinajstić information content (AvgIpc) is 3.55. The molecule has 14 heteroatoms. The number of anilines is 3. The van der Waals surface area contributed by atoms with Crippen LogP contribution in [0.5, 0.6) is 11.9 Å². The summed E-state index contributed by atoms with van der Waals surface area (Å²) in [5.74, 6) is -0.520. The van der Waals surface area contributed by atoms with Crippen LogP contribution >= 0.6 is 11.3 Å². The predicted octanol–water partition coefficient (Wildman–Crippen LogP) is 5.05. The smallest absolute Gasteiger partial charge is 0.319 e. The molecule has 0 bridgehead atoms. The van der Waals surface area contributed by atoms with E-state index in [4.69, 9.17) is 25.9 Å². The summed E-state index contributed by atoms with van der Waals surface area (Å²) in [5.41, 5.74) is 13.1. The molecule has 7 rings (SSSR count). The molecule has 230 valence electrons. The van der Waals surface area contributed by atoms with Crippen LogP contribution < -0.4 is 25.8 Å². The van der Waals surface area contributed by atoms with Crippen LogP contribution in [-0.2, 0) is 0 Å². The molecule has 2 aliphatic rings. The van der Waals surface area contributed by atoms with Gasteiger partial charge in [0, 0.05) is 28.8 Å². The van der Waals surface area contributed by atoms with Gasteiger partial charge in [-0.25, -0.2) is 18.7 Å². The monoisotopic (exact) mass is 629 g/mol. The maximum Gasteiger partial charge on any atom is 0.319 e. The zero-order valence-corrected chi connectivity index (χ0v) is 25.4. The maximum absolute atomic E-state index is 16.9. The van der Waals surface area contributed by atoms with Gasteiger partial charge in [0.25, 0.3) is 0 Å². The van der Waals surface area contributed by atoms with E-state index in [1.165, 1.54) is 12.1 Å². The van der Waals surface area contributed by atoms with Crippen LogP contribution in [0, 0.1) is 23.0 Å². The van der Waals surface area contributed by atoms with Crippen molar-refractivity contribution in [2.24, 2.45) is 0 Å². The summed E-state index contributed by atoms with van der Waals surface area (Å²) in [6.07, 6.45) is 3.64. The van der Waals surface area contributed by atoms with Gasteiger partial charge in [-0.3, -0.25) is 0 Å². The van der Waals surface area contributed by atoms with Gasteiger partial charge in [0.05, 0.1) is 22.8 Å². The van der Waals surface area contributed by atoms with Crippen LogP contribution in [0.3, 0.4) is 0 Å². The van der Waals surface area contributed by atoms with Gasteiger partial charge in [0.2, 0.25) is 5.88 Å². The SMILES string of the molecule is C[C@H](c1cccnc1N)N1CCOc2nc(-c3ccc(F)c4sc(N)c(C#N)c34)c(F)c3nc(OC[C@@H]4CCCN4C)nc1c23. The lowest BCUT2D eigenvalue weighted by Gasteiger charge is -2.30. The molecule has 0 amide bonds. The third-order valence-corrected chi connectivity index (χ3v) is 9.63. The molecule has 0 unspecified atom stereocenters. The number of thiophene rings is 1. The van der Waals surface area contributed by atoms with E-state index in [2.05, 4.69) is 19.9 Å². The van der Waals surface area contributed by atoms with Crippen LogP contribution in [0.15, 0.2) is 30.5 Å². The van der Waals surface area contributed by atoms with E-state index in [1.807, 2.05) is 31.0 Å². The number of hydrogen-bond donors (Lipinski definition) is 2. The predicted molar refractivity (Wildman–Crippen MR) is 168 cm³/mol. The molecule has 11 nitrogen and oxygen atoms in total. The molecule has 2 aliphatic heterocycles. The van der Waals surface area contributed by atoms with Crippen molar-refractivity contribution in [2.75, 3.05) is 49.7 Å². The van der Waals surface area contributed by atoms with E-state index in [1.54, 1.807) is 12.3 Å². The number of rotatable bonds is 6. The number of likely N-dealkylation sites (N-methyl/N-ethyl adjacent to an activating group) is 1. The summed E-state index contributed by atoms with van der Waals surface area (Å²) >= 11 is 0.926. The van der Waals surface area contributed by atoms with Crippen LogP contribution in [0.4, 0.5) is 25.4 Å². The Morgan fingerprint density at radius 3 is 2.78 bits per heavy atom. The highest BCUT2D eigenvalue weighted by Gasteiger charge is 2.32. The second kappa shape index (κ2) is 11.2. The zero-order valence-electron chi connectivity index (χ0n) is 24.5. The summed E-state index contributed by atoms with van der Waals surface area (Å²) in [6, 6.07) is 8.16. The summed E-state index contributed by atoms with van der Waals surface area (Å²) in [6.45, 7) is 3.79. The van der Waals surface area contributed by atoms with E-state index in [9.17, 15) is 9.65 Å². The number of nitriles is 1. The quantitative estimate of drug-likeness (QED) is 0.260. The molecular weight excluding hydrogens is 600 g/mol. The molecule has 1 aromatic carbocycles. The number of nitrogen functional groups attached to an aromatic ring is 2. The van der Waals surface area contributed by atoms with Gasteiger partial charge in [0.1, 0.15) is 58.3 Å². The number of ether oxygens (including phenoxy) is 2. The van der Waals surface area contributed by atoms with Crippen molar-refractivity contribution < 1.29 is 18.3 Å². The molecule has 45 heavy (non-hydrogen) atoms. The Kier molecular flexibility index (Phi) is 7.22. The highest BCUT2D eigenvalue weighted by atomic mass is 32.1. The Morgan fingerprint density at radius 2 is 2.02 bits per heavy atom. The summed E-state index contributed by atoms with van der Waals surface area (Å²) in [5, 5.41) is 10.4. The van der Waals surface area contributed by atoms with Crippen molar-refractivity contribution >= 4 is 49.0 Å². The number of nitrogens with two attached hydrogens (primary N) is 2. The third-order valence-electron chi connectivity index (χ3n) is 8.61. The number of fused-ring (bicyclic) bond motifs is 1. The first-order chi connectivity index (χ1) is 21.8. The highest BCUT2D eigenvalue weighted by molar-refractivity contribution is 7.23. The standard InChI is InChI=1S/C31H29F2N9O2S/c1-15(17-6-3-9-37-27(17)35)42-11-12-43-30-22-25(39-31(40-29(22)42)44-14-16-5-4-10-41(16)2)23(33)24(38-30)18-7-8-20(32)26-21(18)19(13-34)28(36)45-26/h3,6-9,15-16H,4-5,10-12,14,36H2,1-2H3,(H2,35,37)/t15-,16+/m1/s1. The van der Waals surface area contributed by atoms with Crippen LogP contribution in [0.1, 0.15) is 36.9 Å². The molecule has 1 fully saturated rings. The Labute approximate surface area is 261 Å². The molecule has 4 N–H and O–H groups in total. The number of nitrogens with zero attached hydrogens (tertiary/aromatic N) is 7. The van der Waals surface area contributed by atoms with E-state index in [0.717, 1.165) is 36.3 Å². The minimum atomic E-state index is -0.791. The number of benzene rings is 1. The average molecular weight is 630 g/mol. The Hall–Kier alpha value is -4.87. The maximum atomic E-state index is 16.9. The topological polar surface area (TPSA) is 152 Å². The minimum Gasteiger partial charge on any atom is -0.475 e. The van der Waals surface area contributed by atoms with Gasteiger partial charge in [-0.05, 0) is 51.6 Å². The van der Waals surface area contributed by atoms with Crippen LogP contribution in [0.2, 0.25) is 0 Å². The largest absolute Gasteiger partial charge is 0.475 e. The van der Waals surface area contributed by atoms with E-state index < -0.39 is 11.6 Å². The normalized spacial score (nSPS) is 17.3. The van der Waals surface area contributed by atoms with Gasteiger partial charge in [0.15, 0.2) is 5.82 Å². The lowest BCUT2D eigenvalue weighted by molar-refractivity contribution is 0.188. The van der Waals surface area contributed by atoms with Gasteiger partial charge < -0.3 is 30.7 Å². The molecular formula is C31H29F2N9O2S. The first-order valence-corrected chi connectivity index (χ1v) is 15.3. The summed E-state index contributed by atoms with van der Waals surface area (Å²) in [4.78, 5) is 22.3. The van der Waals surface area contributed by atoms with Gasteiger partial charge in [-0.15, -0.1) is 11.3 Å². The Balaban J connectivity index is 1.45. The van der Waals surface area contributed by atoms with Crippen LogP contribution in [0.25, 0.3) is 32.2 Å². The first-order valence-electron chi connectivity index (χ1n) is 14.5. The fraction of sp³-hybridized carbons (Fsp3) is 0.323. The lowest BCUT2D eigenvalue weighted by Crippen LogP contribution is -2.32. The fourth-order valence-corrected chi connectivity index (χ4v) is 7.14. The van der Waals surface area contributed by atoms with Crippen molar-refractivity contribution in [3.63, 3.8) is 0 Å². The molecule has 6 heterocycles. The second-order valence-electron chi connectivity index (χ2n) is 11.2. The number of likely N-dealkylation sites (tertiary alicyclic amines) is 1. The number of hydrogen-bond acceptors (Lipinski definition) is 12. The molecule has 4 aromatic heterocycles. The van der Waals surface area contributed by atoms with Crippen molar-refractivity contribution in [3.8, 4) is 29.2 Å². The molecule has 0 spiro atoms. The number of pyridine rings is 2. The lowest BCUT2D eigenvalue weighted by atomic mass is 10.0. The van der Waals surface area contributed by atoms with Crippen molar-refractivity contribution in [2.45, 2.75) is 31.8 Å². The molecule has 0 saturated carbocycles. The molecule has 0 radical (unpaired) electrons. The number of halogens is 2. The van der Waals surface area contributed by atoms with E-state index >= 15 is 4.39 Å². The number of aromatic nitrogens is 4. The van der Waals surface area contributed by atoms with Crippen molar-refractivity contribution in [1.82, 2.24) is 24.8 Å². The van der Waals surface area contributed by atoms with E-state index in [-0.39, 0.29) is 73.4 Å². The summed E-state index contributed by atoms with van der Waals surface area (Å²) < 4.78 is 44.1. The van der Waals surface area contributed by atoms with Crippen molar-refractivity contribution in [1.29, 1.82) is 5.26 Å². The van der Waals surface area contributed by atoms with Gasteiger partial charge >= 0.3 is 6.01 Å².